The summed E-state index contributed by atoms with van der Waals surface area (Å²) in [6.45, 7) is 5.51. The number of ether oxygens (including phenoxy) is 2. The van der Waals surface area contributed by atoms with Crippen LogP contribution in [0.25, 0.3) is 0 Å². The van der Waals surface area contributed by atoms with Gasteiger partial charge in [-0.3, -0.25) is 4.79 Å². The molecule has 0 saturated carbocycles. The summed E-state index contributed by atoms with van der Waals surface area (Å²) >= 11 is 12.4. The largest absolute Gasteiger partial charge is 0.493 e. The minimum Gasteiger partial charge on any atom is -0.493 e. The Bertz CT molecular complexity index is 745. The molecule has 0 aliphatic carbocycles. The number of carbonyl (C=O) groups excluding carboxylic acids is 1. The molecule has 0 spiro atoms. The summed E-state index contributed by atoms with van der Waals surface area (Å²) in [6, 6.07) is 10.7. The molecule has 0 radical (unpaired) electrons. The summed E-state index contributed by atoms with van der Waals surface area (Å²) in [7, 11) is -0.130. The van der Waals surface area contributed by atoms with Gasteiger partial charge in [0.1, 0.15) is 11.5 Å². The zero-order valence-corrected chi connectivity index (χ0v) is 18.2. The van der Waals surface area contributed by atoms with Crippen LogP contribution in [-0.4, -0.2) is 18.7 Å². The second-order valence-corrected chi connectivity index (χ2v) is 8.17. The van der Waals surface area contributed by atoms with E-state index in [2.05, 4.69) is 13.8 Å². The fraction of sp³-hybridized carbons (Fsp3) is 0.381. The molecule has 0 heterocycles. The van der Waals surface area contributed by atoms with E-state index >= 15 is 0 Å². The van der Waals surface area contributed by atoms with E-state index in [0.717, 1.165) is 36.7 Å². The molecule has 6 heteroatoms. The Hall–Kier alpha value is -1.28. The molecule has 146 valence electrons. The first kappa shape index (κ1) is 22.0. The third kappa shape index (κ3) is 6.68. The van der Waals surface area contributed by atoms with Gasteiger partial charge >= 0.3 is 0 Å². The average Bonchev–Trinajstić information content (AvgIpc) is 2.64. The normalized spacial score (nSPS) is 11.1. The molecule has 27 heavy (non-hydrogen) atoms. The topological polar surface area (TPSA) is 35.5 Å². The fourth-order valence-corrected chi connectivity index (χ4v) is 4.18. The van der Waals surface area contributed by atoms with Gasteiger partial charge in [-0.05, 0) is 45.7 Å². The first-order valence-electron chi connectivity index (χ1n) is 9.21. The molecule has 1 atom stereocenters. The number of hydrogen-bond donors (Lipinski definition) is 0. The molecule has 2 aromatic rings. The number of benzene rings is 2. The van der Waals surface area contributed by atoms with E-state index in [0.29, 0.717) is 34.6 Å². The standard InChI is InChI=1S/C21H25Cl2O3P/c1-3-5-12-25-15-10-11-19(18(14-15)26-13-6-4-2)27-21(24)20-16(22)8-7-9-17(20)23/h7-11,14,27H,3-6,12-13H2,1-2H3. The van der Waals surface area contributed by atoms with E-state index in [9.17, 15) is 4.79 Å². The molecule has 0 N–H and O–H groups in total. The van der Waals surface area contributed by atoms with Gasteiger partial charge in [0.2, 0.25) is 0 Å². The van der Waals surface area contributed by atoms with Crippen molar-refractivity contribution < 1.29 is 14.3 Å². The average molecular weight is 427 g/mol. The van der Waals surface area contributed by atoms with Crippen molar-refractivity contribution >= 4 is 42.6 Å². The molecule has 3 nitrogen and oxygen atoms in total. The first-order valence-corrected chi connectivity index (χ1v) is 11.0. The molecule has 0 amide bonds. The molecule has 1 unspecified atom stereocenters. The van der Waals surface area contributed by atoms with Crippen molar-refractivity contribution in [3.05, 3.63) is 52.0 Å². The maximum absolute atomic E-state index is 12.8. The van der Waals surface area contributed by atoms with Crippen molar-refractivity contribution in [3.63, 3.8) is 0 Å². The first-order chi connectivity index (χ1) is 13.1. The van der Waals surface area contributed by atoms with Gasteiger partial charge in [0, 0.05) is 11.4 Å². The van der Waals surface area contributed by atoms with Crippen LogP contribution < -0.4 is 14.8 Å². The molecule has 0 saturated heterocycles. The quantitative estimate of drug-likeness (QED) is 0.304. The lowest BCUT2D eigenvalue weighted by atomic mass is 10.2. The molecule has 0 aromatic heterocycles. The molecule has 0 aliphatic heterocycles. The van der Waals surface area contributed by atoms with Crippen LogP contribution in [0.1, 0.15) is 49.9 Å². The van der Waals surface area contributed by atoms with E-state index < -0.39 is 0 Å². The van der Waals surface area contributed by atoms with E-state index in [-0.39, 0.29) is 14.1 Å². The smallest absolute Gasteiger partial charge is 0.188 e. The van der Waals surface area contributed by atoms with Crippen LogP contribution in [0.4, 0.5) is 0 Å². The molecule has 0 bridgehead atoms. The number of carbonyl (C=O) groups is 1. The summed E-state index contributed by atoms with van der Waals surface area (Å²) < 4.78 is 11.7. The van der Waals surface area contributed by atoms with Crippen molar-refractivity contribution in [2.75, 3.05) is 13.2 Å². The highest BCUT2D eigenvalue weighted by Crippen LogP contribution is 2.33. The van der Waals surface area contributed by atoms with E-state index in [4.69, 9.17) is 32.7 Å². The van der Waals surface area contributed by atoms with Crippen LogP contribution in [0.3, 0.4) is 0 Å². The molecule has 2 aromatic carbocycles. The van der Waals surface area contributed by atoms with Crippen LogP contribution in [0.5, 0.6) is 11.5 Å². The zero-order valence-electron chi connectivity index (χ0n) is 15.7. The van der Waals surface area contributed by atoms with Gasteiger partial charge in [0.25, 0.3) is 0 Å². The van der Waals surface area contributed by atoms with Crippen molar-refractivity contribution in [1.82, 2.24) is 0 Å². The van der Waals surface area contributed by atoms with Gasteiger partial charge in [0.15, 0.2) is 5.52 Å². The molecule has 0 aliphatic rings. The van der Waals surface area contributed by atoms with E-state index in [1.54, 1.807) is 18.2 Å². The Morgan fingerprint density at radius 1 is 0.963 bits per heavy atom. The Labute approximate surface area is 173 Å². The molecular weight excluding hydrogens is 402 g/mol. The summed E-state index contributed by atoms with van der Waals surface area (Å²) in [5.74, 6) is 1.44. The van der Waals surface area contributed by atoms with Gasteiger partial charge < -0.3 is 9.47 Å². The SMILES string of the molecule is CCCCOc1ccc(PC(=O)c2c(Cl)cccc2Cl)c(OCCCC)c1. The van der Waals surface area contributed by atoms with Crippen LogP contribution in [0.2, 0.25) is 10.0 Å². The lowest BCUT2D eigenvalue weighted by molar-refractivity contribution is 0.108. The molecular formula is C21H25Cl2O3P. The second kappa shape index (κ2) is 11.5. The predicted molar refractivity (Wildman–Crippen MR) is 116 cm³/mol. The Morgan fingerprint density at radius 3 is 2.22 bits per heavy atom. The summed E-state index contributed by atoms with van der Waals surface area (Å²) in [5.41, 5.74) is 0.257. The lowest BCUT2D eigenvalue weighted by Gasteiger charge is -2.14. The van der Waals surface area contributed by atoms with Crippen molar-refractivity contribution in [2.45, 2.75) is 39.5 Å². The highest BCUT2D eigenvalue weighted by Gasteiger charge is 2.17. The minimum atomic E-state index is -0.130. The Morgan fingerprint density at radius 2 is 1.59 bits per heavy atom. The van der Waals surface area contributed by atoms with Crippen LogP contribution in [0.15, 0.2) is 36.4 Å². The predicted octanol–water partition coefficient (Wildman–Crippen LogP) is 6.50. The van der Waals surface area contributed by atoms with Gasteiger partial charge in [-0.2, -0.15) is 0 Å². The number of hydrogen-bond acceptors (Lipinski definition) is 3. The minimum absolute atomic E-state index is 0.106. The molecule has 2 rings (SSSR count). The highest BCUT2D eigenvalue weighted by atomic mass is 35.5. The van der Waals surface area contributed by atoms with Crippen LogP contribution in [0, 0.1) is 0 Å². The van der Waals surface area contributed by atoms with Crippen molar-refractivity contribution in [1.29, 1.82) is 0 Å². The van der Waals surface area contributed by atoms with E-state index in [1.807, 2.05) is 18.2 Å². The maximum Gasteiger partial charge on any atom is 0.188 e. The summed E-state index contributed by atoms with van der Waals surface area (Å²) in [6.07, 6.45) is 4.07. The van der Waals surface area contributed by atoms with E-state index in [1.165, 1.54) is 0 Å². The Kier molecular flexibility index (Phi) is 9.41. The van der Waals surface area contributed by atoms with Gasteiger partial charge in [-0.15, -0.1) is 0 Å². The monoisotopic (exact) mass is 426 g/mol. The maximum atomic E-state index is 12.8. The third-order valence-electron chi connectivity index (χ3n) is 3.91. The number of unbranched alkanes of at least 4 members (excludes halogenated alkanes) is 2. The Balaban J connectivity index is 2.21. The second-order valence-electron chi connectivity index (χ2n) is 6.11. The summed E-state index contributed by atoms with van der Waals surface area (Å²) in [5, 5.41) is 1.57. The highest BCUT2D eigenvalue weighted by molar-refractivity contribution is 7.66. The van der Waals surface area contributed by atoms with Crippen LogP contribution >= 0.6 is 31.8 Å². The van der Waals surface area contributed by atoms with Gasteiger partial charge in [0.05, 0.1) is 28.8 Å². The van der Waals surface area contributed by atoms with Crippen molar-refractivity contribution in [3.8, 4) is 11.5 Å². The molecule has 0 fully saturated rings. The number of rotatable bonds is 11. The zero-order chi connectivity index (χ0) is 19.6. The lowest BCUT2D eigenvalue weighted by Crippen LogP contribution is -2.09. The third-order valence-corrected chi connectivity index (χ3v) is 5.70. The summed E-state index contributed by atoms with van der Waals surface area (Å²) in [4.78, 5) is 12.8. The number of halogens is 2. The van der Waals surface area contributed by atoms with Crippen molar-refractivity contribution in [2.24, 2.45) is 0 Å². The van der Waals surface area contributed by atoms with Gasteiger partial charge in [-0.25, -0.2) is 0 Å². The van der Waals surface area contributed by atoms with Crippen LogP contribution in [-0.2, 0) is 0 Å². The fourth-order valence-electron chi connectivity index (χ4n) is 2.38. The van der Waals surface area contributed by atoms with Gasteiger partial charge in [-0.1, -0.05) is 56.0 Å².